The van der Waals surface area contributed by atoms with Crippen molar-refractivity contribution in [3.05, 3.63) is 29.3 Å². The number of ether oxygens (including phenoxy) is 1. The smallest absolute Gasteiger partial charge is 0.407 e. The fourth-order valence-electron chi connectivity index (χ4n) is 4.02. The SMILES string of the molecule is COc1ccc2c(c1)[C@@H](N[S@+]([O-])C(C)(C)C)C1(CCN(C(=O)O)CC1)C2. The lowest BCUT2D eigenvalue weighted by Crippen LogP contribution is -2.50. The van der Waals surface area contributed by atoms with Crippen molar-refractivity contribution in [2.24, 2.45) is 5.41 Å². The molecular weight excluding hydrogens is 352 g/mol. The van der Waals surface area contributed by atoms with Crippen LogP contribution in [0.2, 0.25) is 0 Å². The molecule has 1 aliphatic heterocycles. The topological polar surface area (TPSA) is 84.9 Å². The van der Waals surface area contributed by atoms with Crippen LogP contribution < -0.4 is 9.46 Å². The summed E-state index contributed by atoms with van der Waals surface area (Å²) in [5.74, 6) is 0.789. The van der Waals surface area contributed by atoms with Crippen molar-refractivity contribution in [2.45, 2.75) is 50.8 Å². The van der Waals surface area contributed by atoms with Gasteiger partial charge < -0.3 is 19.3 Å². The van der Waals surface area contributed by atoms with Gasteiger partial charge in [0.15, 0.2) is 0 Å². The average molecular weight is 381 g/mol. The third-order valence-corrected chi connectivity index (χ3v) is 7.19. The summed E-state index contributed by atoms with van der Waals surface area (Å²) in [6.45, 7) is 6.90. The predicted molar refractivity (Wildman–Crippen MR) is 102 cm³/mol. The number of fused-ring (bicyclic) bond motifs is 1. The van der Waals surface area contributed by atoms with Crippen molar-refractivity contribution in [1.29, 1.82) is 0 Å². The molecule has 0 unspecified atom stereocenters. The molecule has 1 heterocycles. The number of amides is 1. The summed E-state index contributed by atoms with van der Waals surface area (Å²) in [6.07, 6.45) is 1.53. The van der Waals surface area contributed by atoms with Gasteiger partial charge in [0.1, 0.15) is 10.5 Å². The summed E-state index contributed by atoms with van der Waals surface area (Å²) < 4.78 is 21.3. The van der Waals surface area contributed by atoms with Crippen molar-refractivity contribution >= 4 is 17.5 Å². The lowest BCUT2D eigenvalue weighted by Gasteiger charge is -2.43. The first-order valence-electron chi connectivity index (χ1n) is 8.99. The van der Waals surface area contributed by atoms with Crippen LogP contribution in [0, 0.1) is 5.41 Å². The van der Waals surface area contributed by atoms with Crippen LogP contribution in [0.15, 0.2) is 18.2 Å². The zero-order valence-electron chi connectivity index (χ0n) is 15.9. The number of methoxy groups -OCH3 is 1. The molecule has 2 N–H and O–H groups in total. The molecule has 1 spiro atoms. The van der Waals surface area contributed by atoms with E-state index in [0.29, 0.717) is 13.1 Å². The molecule has 2 atom stereocenters. The minimum atomic E-state index is -1.21. The molecule has 1 amide bonds. The van der Waals surface area contributed by atoms with Gasteiger partial charge in [-0.15, -0.1) is 4.72 Å². The Labute approximate surface area is 158 Å². The van der Waals surface area contributed by atoms with Crippen molar-refractivity contribution in [1.82, 2.24) is 9.62 Å². The molecule has 1 aromatic rings. The van der Waals surface area contributed by atoms with E-state index >= 15 is 0 Å². The monoisotopic (exact) mass is 380 g/mol. The standard InChI is InChI=1S/C19H28N2O4S/c1-18(2,3)26(24)20-16-15-11-14(25-4)6-5-13(15)12-19(16)7-9-21(10-8-19)17(22)23/h5-6,11,16,20H,7-10,12H2,1-4H3,(H,22,23)/t16-,26-/m1/s1. The maximum atomic E-state index is 12.8. The quantitative estimate of drug-likeness (QED) is 0.787. The highest BCUT2D eigenvalue weighted by Gasteiger charge is 2.51. The number of nitrogens with zero attached hydrogens (tertiary/aromatic N) is 1. The largest absolute Gasteiger partial charge is 0.598 e. The second kappa shape index (κ2) is 6.94. The van der Waals surface area contributed by atoms with Gasteiger partial charge in [0.2, 0.25) is 0 Å². The van der Waals surface area contributed by atoms with Crippen molar-refractivity contribution in [3.63, 3.8) is 0 Å². The van der Waals surface area contributed by atoms with Crippen LogP contribution in [0.25, 0.3) is 0 Å². The molecule has 26 heavy (non-hydrogen) atoms. The predicted octanol–water partition coefficient (Wildman–Crippen LogP) is 3.10. The highest BCUT2D eigenvalue weighted by Crippen LogP contribution is 2.53. The molecule has 2 aliphatic rings. The molecule has 0 radical (unpaired) electrons. The summed E-state index contributed by atoms with van der Waals surface area (Å²) in [5, 5.41) is 9.27. The number of piperidine rings is 1. The van der Waals surface area contributed by atoms with Crippen LogP contribution >= 0.6 is 0 Å². The van der Waals surface area contributed by atoms with Gasteiger partial charge in [0, 0.05) is 29.9 Å². The van der Waals surface area contributed by atoms with E-state index in [2.05, 4.69) is 10.8 Å². The van der Waals surface area contributed by atoms with E-state index in [1.165, 1.54) is 10.5 Å². The molecule has 3 rings (SSSR count). The minimum Gasteiger partial charge on any atom is -0.598 e. The van der Waals surface area contributed by atoms with E-state index in [-0.39, 0.29) is 16.2 Å². The van der Waals surface area contributed by atoms with Gasteiger partial charge >= 0.3 is 6.09 Å². The number of nitrogens with one attached hydrogen (secondary N) is 1. The third-order valence-electron chi connectivity index (χ3n) is 5.63. The Morgan fingerprint density at radius 1 is 1.38 bits per heavy atom. The second-order valence-electron chi connectivity index (χ2n) is 8.31. The molecule has 0 bridgehead atoms. The first-order chi connectivity index (χ1) is 12.2. The number of carboxylic acid groups (broad SMARTS) is 1. The molecule has 1 fully saturated rings. The van der Waals surface area contributed by atoms with Gasteiger partial charge in [-0.25, -0.2) is 4.79 Å². The Hall–Kier alpha value is -1.44. The summed E-state index contributed by atoms with van der Waals surface area (Å²) in [7, 11) is 1.65. The van der Waals surface area contributed by atoms with Gasteiger partial charge in [0.05, 0.1) is 13.2 Å². The minimum absolute atomic E-state index is 0.0661. The van der Waals surface area contributed by atoms with Crippen LogP contribution in [0.1, 0.15) is 50.8 Å². The first kappa shape index (κ1) is 19.3. The average Bonchev–Trinajstić information content (AvgIpc) is 2.87. The number of hydrogen-bond donors (Lipinski definition) is 2. The Bertz CT molecular complexity index is 681. The fraction of sp³-hybridized carbons (Fsp3) is 0.632. The molecule has 7 heteroatoms. The maximum Gasteiger partial charge on any atom is 0.407 e. The number of rotatable bonds is 3. The lowest BCUT2D eigenvalue weighted by molar-refractivity contribution is 0.0764. The zero-order valence-corrected chi connectivity index (χ0v) is 16.7. The fourth-order valence-corrected chi connectivity index (χ4v) is 4.97. The summed E-state index contributed by atoms with van der Waals surface area (Å²) >= 11 is -1.21. The summed E-state index contributed by atoms with van der Waals surface area (Å²) in [6, 6.07) is 6.01. The molecule has 1 aliphatic carbocycles. The normalized spacial score (nSPS) is 23.0. The van der Waals surface area contributed by atoms with Gasteiger partial charge in [-0.05, 0) is 63.3 Å². The molecule has 0 aromatic heterocycles. The molecule has 144 valence electrons. The number of benzene rings is 1. The zero-order chi connectivity index (χ0) is 19.1. The van der Waals surface area contributed by atoms with E-state index in [4.69, 9.17) is 4.74 Å². The second-order valence-corrected chi connectivity index (χ2v) is 10.3. The van der Waals surface area contributed by atoms with E-state index in [1.807, 2.05) is 32.9 Å². The van der Waals surface area contributed by atoms with Crippen LogP contribution in [0.5, 0.6) is 5.75 Å². The van der Waals surface area contributed by atoms with Crippen molar-refractivity contribution < 1.29 is 19.2 Å². The Kier molecular flexibility index (Phi) is 5.16. The van der Waals surface area contributed by atoms with E-state index in [9.17, 15) is 14.5 Å². The van der Waals surface area contributed by atoms with Crippen LogP contribution in [0.3, 0.4) is 0 Å². The molecule has 1 saturated heterocycles. The van der Waals surface area contributed by atoms with E-state index in [0.717, 1.165) is 30.6 Å². The number of likely N-dealkylation sites (tertiary alicyclic amines) is 1. The Morgan fingerprint density at radius 3 is 2.58 bits per heavy atom. The van der Waals surface area contributed by atoms with E-state index < -0.39 is 17.5 Å². The van der Waals surface area contributed by atoms with E-state index in [1.54, 1.807) is 7.11 Å². The molecule has 6 nitrogen and oxygen atoms in total. The van der Waals surface area contributed by atoms with Crippen molar-refractivity contribution in [3.8, 4) is 5.75 Å². The summed E-state index contributed by atoms with van der Waals surface area (Å²) in [5.41, 5.74) is 2.25. The lowest BCUT2D eigenvalue weighted by atomic mass is 9.73. The number of hydrogen-bond acceptors (Lipinski definition) is 4. The van der Waals surface area contributed by atoms with Crippen molar-refractivity contribution in [2.75, 3.05) is 20.2 Å². The Balaban J connectivity index is 1.92. The van der Waals surface area contributed by atoms with Crippen LogP contribution in [0.4, 0.5) is 4.79 Å². The third kappa shape index (κ3) is 3.52. The Morgan fingerprint density at radius 2 is 2.04 bits per heavy atom. The number of carbonyl (C=O) groups is 1. The molecular formula is C19H28N2O4S. The maximum absolute atomic E-state index is 12.8. The van der Waals surface area contributed by atoms with Gasteiger partial charge in [0.25, 0.3) is 0 Å². The van der Waals surface area contributed by atoms with Gasteiger partial charge in [-0.2, -0.15) is 0 Å². The highest BCUT2D eigenvalue weighted by atomic mass is 32.2. The highest BCUT2D eigenvalue weighted by molar-refractivity contribution is 7.90. The van der Waals surface area contributed by atoms with Crippen LogP contribution in [-0.4, -0.2) is 45.6 Å². The summed E-state index contributed by atoms with van der Waals surface area (Å²) in [4.78, 5) is 12.8. The molecule has 1 aromatic carbocycles. The van der Waals surface area contributed by atoms with Gasteiger partial charge in [-0.1, -0.05) is 6.07 Å². The molecule has 0 saturated carbocycles. The first-order valence-corrected chi connectivity index (χ1v) is 10.1. The van der Waals surface area contributed by atoms with Gasteiger partial charge in [-0.3, -0.25) is 0 Å². The van der Waals surface area contributed by atoms with Crippen LogP contribution in [-0.2, 0) is 17.8 Å².